The Morgan fingerprint density at radius 2 is 1.46 bits per heavy atom. The molecule has 0 saturated carbocycles. The molecule has 0 aliphatic heterocycles. The van der Waals surface area contributed by atoms with Gasteiger partial charge in [-0.2, -0.15) is 0 Å². The Morgan fingerprint density at radius 1 is 0.857 bits per heavy atom. The van der Waals surface area contributed by atoms with E-state index in [4.69, 9.17) is 5.73 Å². The fraction of sp³-hybridized carbons (Fsp3) is 0.238. The van der Waals surface area contributed by atoms with Crippen LogP contribution < -0.4 is 11.1 Å². The molecule has 144 valence electrons. The van der Waals surface area contributed by atoms with Crippen LogP contribution in [0.1, 0.15) is 27.4 Å². The Kier molecular flexibility index (Phi) is 7.17. The molecule has 28 heavy (non-hydrogen) atoms. The van der Waals surface area contributed by atoms with Gasteiger partial charge < -0.3 is 11.1 Å². The predicted molar refractivity (Wildman–Crippen MR) is 107 cm³/mol. The zero-order valence-corrected chi connectivity index (χ0v) is 15.7. The van der Waals surface area contributed by atoms with Crippen LogP contribution >= 0.6 is 0 Å². The molecular formula is C21H24N6O. The van der Waals surface area contributed by atoms with E-state index in [0.29, 0.717) is 38.3 Å². The second-order valence-corrected chi connectivity index (χ2v) is 6.37. The Balaban J connectivity index is 1.75. The van der Waals surface area contributed by atoms with E-state index in [1.165, 1.54) is 0 Å². The molecule has 3 aromatic heterocycles. The summed E-state index contributed by atoms with van der Waals surface area (Å²) in [6.07, 6.45) is 5.23. The molecule has 0 fully saturated rings. The van der Waals surface area contributed by atoms with Crippen molar-refractivity contribution in [3.05, 3.63) is 89.8 Å². The van der Waals surface area contributed by atoms with Gasteiger partial charge in [0, 0.05) is 56.9 Å². The van der Waals surface area contributed by atoms with Crippen molar-refractivity contribution >= 4 is 5.91 Å². The van der Waals surface area contributed by atoms with Crippen molar-refractivity contribution in [3.8, 4) is 0 Å². The van der Waals surface area contributed by atoms with Gasteiger partial charge in [-0.1, -0.05) is 12.1 Å². The van der Waals surface area contributed by atoms with Crippen molar-refractivity contribution in [3.63, 3.8) is 0 Å². The van der Waals surface area contributed by atoms with Crippen LogP contribution in [-0.2, 0) is 19.6 Å². The number of nitrogens with zero attached hydrogens (tertiary/aromatic N) is 4. The lowest BCUT2D eigenvalue weighted by Gasteiger charge is -2.21. The molecule has 0 aliphatic rings. The number of hydrogen-bond acceptors (Lipinski definition) is 6. The monoisotopic (exact) mass is 376 g/mol. The number of pyridine rings is 3. The van der Waals surface area contributed by atoms with Crippen LogP contribution in [0.5, 0.6) is 0 Å². The Hall–Kier alpha value is -3.16. The summed E-state index contributed by atoms with van der Waals surface area (Å²) < 4.78 is 0. The van der Waals surface area contributed by atoms with Gasteiger partial charge in [0.1, 0.15) is 0 Å². The number of carbonyl (C=O) groups excluding carboxylic acids is 1. The highest BCUT2D eigenvalue weighted by atomic mass is 16.1. The highest BCUT2D eigenvalue weighted by molar-refractivity contribution is 5.94. The molecule has 0 spiro atoms. The third-order valence-corrected chi connectivity index (χ3v) is 4.12. The lowest BCUT2D eigenvalue weighted by Crippen LogP contribution is -2.29. The number of rotatable bonds is 9. The van der Waals surface area contributed by atoms with Crippen LogP contribution in [-0.4, -0.2) is 38.8 Å². The van der Waals surface area contributed by atoms with Gasteiger partial charge in [0.15, 0.2) is 0 Å². The van der Waals surface area contributed by atoms with E-state index in [9.17, 15) is 4.79 Å². The molecule has 0 bridgehead atoms. The molecule has 0 saturated heterocycles. The van der Waals surface area contributed by atoms with Gasteiger partial charge in [0.2, 0.25) is 0 Å². The molecular weight excluding hydrogens is 352 g/mol. The lowest BCUT2D eigenvalue weighted by atomic mass is 10.2. The third-order valence-electron chi connectivity index (χ3n) is 4.12. The largest absolute Gasteiger partial charge is 0.351 e. The van der Waals surface area contributed by atoms with Gasteiger partial charge >= 0.3 is 0 Å². The molecule has 0 unspecified atom stereocenters. The molecule has 1 amide bonds. The normalized spacial score (nSPS) is 10.8. The highest BCUT2D eigenvalue weighted by Crippen LogP contribution is 2.12. The van der Waals surface area contributed by atoms with Crippen LogP contribution in [0.4, 0.5) is 0 Å². The molecule has 3 aromatic rings. The minimum atomic E-state index is -0.143. The molecule has 3 rings (SSSR count). The van der Waals surface area contributed by atoms with Gasteiger partial charge in [0.05, 0.1) is 17.1 Å². The number of carbonyl (C=O) groups is 1. The average molecular weight is 376 g/mol. The van der Waals surface area contributed by atoms with Gasteiger partial charge in [0.25, 0.3) is 5.91 Å². The number of nitrogens with two attached hydrogens (primary N) is 1. The SMILES string of the molecule is NCCNC(=O)c1ccnc(CN(Cc2ccccn2)Cc2ccccn2)c1. The quantitative estimate of drug-likeness (QED) is 0.591. The summed E-state index contributed by atoms with van der Waals surface area (Å²) in [7, 11) is 0. The second-order valence-electron chi connectivity index (χ2n) is 6.37. The Morgan fingerprint density at radius 3 is 2.04 bits per heavy atom. The molecule has 0 atom stereocenters. The zero-order valence-electron chi connectivity index (χ0n) is 15.7. The number of amides is 1. The van der Waals surface area contributed by atoms with Crippen molar-refractivity contribution in [1.29, 1.82) is 0 Å². The summed E-state index contributed by atoms with van der Waals surface area (Å²) in [4.78, 5) is 27.7. The van der Waals surface area contributed by atoms with Gasteiger partial charge in [-0.25, -0.2) is 0 Å². The summed E-state index contributed by atoms with van der Waals surface area (Å²) >= 11 is 0. The smallest absolute Gasteiger partial charge is 0.251 e. The lowest BCUT2D eigenvalue weighted by molar-refractivity contribution is 0.0954. The number of hydrogen-bond donors (Lipinski definition) is 2. The maximum Gasteiger partial charge on any atom is 0.251 e. The minimum Gasteiger partial charge on any atom is -0.351 e. The second kappa shape index (κ2) is 10.2. The van der Waals surface area contributed by atoms with Crippen molar-refractivity contribution in [2.45, 2.75) is 19.6 Å². The molecule has 7 heteroatoms. The van der Waals surface area contributed by atoms with Crippen LogP contribution in [0, 0.1) is 0 Å². The molecule has 3 N–H and O–H groups in total. The summed E-state index contributed by atoms with van der Waals surface area (Å²) in [6.45, 7) is 2.74. The van der Waals surface area contributed by atoms with Crippen LogP contribution in [0.15, 0.2) is 67.1 Å². The summed E-state index contributed by atoms with van der Waals surface area (Å²) in [5, 5.41) is 2.78. The first-order valence-electron chi connectivity index (χ1n) is 9.20. The average Bonchev–Trinajstić information content (AvgIpc) is 2.73. The molecule has 0 aromatic carbocycles. The highest BCUT2D eigenvalue weighted by Gasteiger charge is 2.12. The fourth-order valence-electron chi connectivity index (χ4n) is 2.83. The summed E-state index contributed by atoms with van der Waals surface area (Å²) in [5.41, 5.74) is 8.78. The van der Waals surface area contributed by atoms with Crippen molar-refractivity contribution < 1.29 is 4.79 Å². The maximum absolute atomic E-state index is 12.2. The van der Waals surface area contributed by atoms with E-state index < -0.39 is 0 Å². The topological polar surface area (TPSA) is 97.0 Å². The van der Waals surface area contributed by atoms with Crippen LogP contribution in [0.2, 0.25) is 0 Å². The number of nitrogens with one attached hydrogen (secondary N) is 1. The minimum absolute atomic E-state index is 0.143. The van der Waals surface area contributed by atoms with E-state index in [-0.39, 0.29) is 5.91 Å². The molecule has 7 nitrogen and oxygen atoms in total. The van der Waals surface area contributed by atoms with Gasteiger partial charge in [-0.3, -0.25) is 24.6 Å². The fourth-order valence-corrected chi connectivity index (χ4v) is 2.83. The van der Waals surface area contributed by atoms with Crippen molar-refractivity contribution in [2.75, 3.05) is 13.1 Å². The van der Waals surface area contributed by atoms with Crippen LogP contribution in [0.3, 0.4) is 0 Å². The molecule has 3 heterocycles. The van der Waals surface area contributed by atoms with Gasteiger partial charge in [-0.05, 0) is 36.4 Å². The summed E-state index contributed by atoms with van der Waals surface area (Å²) in [6, 6.07) is 15.3. The molecule has 0 aliphatic carbocycles. The van der Waals surface area contributed by atoms with E-state index in [0.717, 1.165) is 17.1 Å². The van der Waals surface area contributed by atoms with Crippen molar-refractivity contribution in [1.82, 2.24) is 25.2 Å². The number of aromatic nitrogens is 3. The standard InChI is InChI=1S/C21H24N6O/c22-8-12-26-21(28)17-7-11-25-20(13-17)16-27(14-18-5-1-3-9-23-18)15-19-6-2-4-10-24-19/h1-7,9-11,13H,8,12,14-16,22H2,(H,26,28). The van der Waals surface area contributed by atoms with E-state index in [1.807, 2.05) is 42.5 Å². The summed E-state index contributed by atoms with van der Waals surface area (Å²) in [5.74, 6) is -0.143. The first-order chi connectivity index (χ1) is 13.7. The van der Waals surface area contributed by atoms with E-state index in [1.54, 1.807) is 24.7 Å². The Labute approximate surface area is 164 Å². The third kappa shape index (κ3) is 5.94. The van der Waals surface area contributed by atoms with E-state index in [2.05, 4.69) is 25.2 Å². The molecule has 0 radical (unpaired) electrons. The maximum atomic E-state index is 12.2. The first kappa shape index (κ1) is 19.6. The first-order valence-corrected chi connectivity index (χ1v) is 9.20. The zero-order chi connectivity index (χ0) is 19.6. The Bertz CT molecular complexity index is 831. The van der Waals surface area contributed by atoms with Crippen molar-refractivity contribution in [2.24, 2.45) is 5.73 Å². The predicted octanol–water partition coefficient (Wildman–Crippen LogP) is 1.76. The van der Waals surface area contributed by atoms with Crippen LogP contribution in [0.25, 0.3) is 0 Å². The van der Waals surface area contributed by atoms with E-state index >= 15 is 0 Å². The van der Waals surface area contributed by atoms with Gasteiger partial charge in [-0.15, -0.1) is 0 Å².